The Balaban J connectivity index is 1.55. The maximum absolute atomic E-state index is 6.50. The molecule has 1 aliphatic heterocycles. The molecule has 2 atom stereocenters. The first-order valence-corrected chi connectivity index (χ1v) is 12.1. The molecule has 0 unspecified atom stereocenters. The van der Waals surface area contributed by atoms with E-state index in [1.807, 2.05) is 18.2 Å². The van der Waals surface area contributed by atoms with Gasteiger partial charge in [0.05, 0.1) is 19.8 Å². The monoisotopic (exact) mass is 459 g/mol. The zero-order chi connectivity index (χ0) is 23.0. The number of methoxy groups -OCH3 is 2. The van der Waals surface area contributed by atoms with Crippen LogP contribution < -0.4 is 14.8 Å². The first kappa shape index (κ1) is 24.9. The van der Waals surface area contributed by atoms with E-state index in [1.165, 1.54) is 11.1 Å². The molecule has 1 fully saturated rings. The van der Waals surface area contributed by atoms with Gasteiger partial charge < -0.3 is 19.5 Å². The summed E-state index contributed by atoms with van der Waals surface area (Å²) >= 11 is 6.50. The molecule has 0 spiro atoms. The minimum Gasteiger partial charge on any atom is -0.493 e. The highest BCUT2D eigenvalue weighted by Crippen LogP contribution is 2.37. The summed E-state index contributed by atoms with van der Waals surface area (Å²) in [4.78, 5) is 0. The van der Waals surface area contributed by atoms with Gasteiger partial charge in [0, 0.05) is 11.6 Å². The van der Waals surface area contributed by atoms with Crippen molar-refractivity contribution in [2.45, 2.75) is 51.6 Å². The summed E-state index contributed by atoms with van der Waals surface area (Å²) in [6, 6.07) is 14.4. The molecule has 0 aromatic heterocycles. The number of rotatable bonds is 11. The summed E-state index contributed by atoms with van der Waals surface area (Å²) in [7, 11) is 3.34. The van der Waals surface area contributed by atoms with Gasteiger partial charge in [0.15, 0.2) is 11.5 Å². The Morgan fingerprint density at radius 3 is 2.59 bits per heavy atom. The fraction of sp³-hybridized carbons (Fsp3) is 0.556. The molecule has 5 heteroatoms. The van der Waals surface area contributed by atoms with Crippen molar-refractivity contribution in [2.24, 2.45) is 11.8 Å². The van der Waals surface area contributed by atoms with Crippen molar-refractivity contribution in [3.05, 3.63) is 58.6 Å². The summed E-state index contributed by atoms with van der Waals surface area (Å²) in [6.45, 7) is 7.22. The lowest BCUT2D eigenvalue weighted by Gasteiger charge is -2.39. The molecule has 0 aliphatic carbocycles. The molecule has 2 aromatic rings. The van der Waals surface area contributed by atoms with E-state index in [0.29, 0.717) is 11.8 Å². The Bertz CT molecular complexity index is 855. The van der Waals surface area contributed by atoms with Crippen LogP contribution in [-0.4, -0.2) is 39.5 Å². The number of hydrogen-bond acceptors (Lipinski definition) is 4. The second kappa shape index (κ2) is 11.9. The molecule has 176 valence electrons. The Labute approximate surface area is 198 Å². The molecule has 0 radical (unpaired) electrons. The zero-order valence-corrected chi connectivity index (χ0v) is 20.7. The molecule has 1 N–H and O–H groups in total. The maximum Gasteiger partial charge on any atom is 0.160 e. The Morgan fingerprint density at radius 2 is 1.88 bits per heavy atom. The normalized spacial score (nSPS) is 18.8. The summed E-state index contributed by atoms with van der Waals surface area (Å²) in [6.07, 6.45) is 5.35. The molecule has 1 saturated heterocycles. The first-order chi connectivity index (χ1) is 15.4. The van der Waals surface area contributed by atoms with E-state index in [0.717, 1.165) is 68.3 Å². The van der Waals surface area contributed by atoms with Gasteiger partial charge in [-0.2, -0.15) is 0 Å². The fourth-order valence-electron chi connectivity index (χ4n) is 4.81. The Kier molecular flexibility index (Phi) is 9.27. The highest BCUT2D eigenvalue weighted by atomic mass is 35.5. The van der Waals surface area contributed by atoms with Crippen LogP contribution in [0.15, 0.2) is 42.5 Å². The van der Waals surface area contributed by atoms with Gasteiger partial charge in [-0.25, -0.2) is 0 Å². The lowest BCUT2D eigenvalue weighted by molar-refractivity contribution is -0.0830. The van der Waals surface area contributed by atoms with Crippen LogP contribution in [0.5, 0.6) is 11.5 Å². The average molecular weight is 460 g/mol. The predicted molar refractivity (Wildman–Crippen MR) is 132 cm³/mol. The first-order valence-electron chi connectivity index (χ1n) is 11.7. The molecule has 0 bridgehead atoms. The van der Waals surface area contributed by atoms with E-state index in [2.05, 4.69) is 43.4 Å². The van der Waals surface area contributed by atoms with Gasteiger partial charge in [-0.1, -0.05) is 35.9 Å². The summed E-state index contributed by atoms with van der Waals surface area (Å²) in [5.74, 6) is 2.80. The van der Waals surface area contributed by atoms with Gasteiger partial charge >= 0.3 is 0 Å². The number of hydrogen-bond donors (Lipinski definition) is 1. The third-order valence-corrected chi connectivity index (χ3v) is 6.94. The Morgan fingerprint density at radius 1 is 1.09 bits per heavy atom. The zero-order valence-electron chi connectivity index (χ0n) is 20.0. The van der Waals surface area contributed by atoms with Crippen LogP contribution in [0.3, 0.4) is 0 Å². The van der Waals surface area contributed by atoms with E-state index in [4.69, 9.17) is 25.8 Å². The third kappa shape index (κ3) is 7.13. The van der Waals surface area contributed by atoms with Gasteiger partial charge in [-0.05, 0) is 100 Å². The van der Waals surface area contributed by atoms with Crippen molar-refractivity contribution >= 4 is 11.6 Å². The van der Waals surface area contributed by atoms with Crippen LogP contribution in [0.1, 0.15) is 44.2 Å². The Hall–Kier alpha value is -1.75. The van der Waals surface area contributed by atoms with Gasteiger partial charge in [0.1, 0.15) is 0 Å². The lowest BCUT2D eigenvalue weighted by Crippen LogP contribution is -2.38. The van der Waals surface area contributed by atoms with Gasteiger partial charge in [-0.15, -0.1) is 0 Å². The van der Waals surface area contributed by atoms with Gasteiger partial charge in [0.25, 0.3) is 0 Å². The highest BCUT2D eigenvalue weighted by Gasteiger charge is 2.33. The fourth-order valence-corrected chi connectivity index (χ4v) is 5.03. The third-order valence-electron chi connectivity index (χ3n) is 6.57. The van der Waals surface area contributed by atoms with Crippen LogP contribution in [0.4, 0.5) is 0 Å². The molecular formula is C27H38ClNO3. The smallest absolute Gasteiger partial charge is 0.160 e. The van der Waals surface area contributed by atoms with Crippen LogP contribution >= 0.6 is 11.6 Å². The van der Waals surface area contributed by atoms with Gasteiger partial charge in [-0.3, -0.25) is 0 Å². The van der Waals surface area contributed by atoms with Crippen molar-refractivity contribution in [1.29, 1.82) is 0 Å². The molecule has 0 saturated carbocycles. The summed E-state index contributed by atoms with van der Waals surface area (Å²) < 4.78 is 16.7. The van der Waals surface area contributed by atoms with Crippen molar-refractivity contribution in [1.82, 2.24) is 5.32 Å². The van der Waals surface area contributed by atoms with Crippen LogP contribution in [0.2, 0.25) is 5.02 Å². The molecular weight excluding hydrogens is 422 g/mol. The second-order valence-electron chi connectivity index (χ2n) is 9.39. The molecule has 32 heavy (non-hydrogen) atoms. The molecule has 3 rings (SSSR count). The standard InChI is InChI=1S/C27H38ClNO3/c1-27(2)19-23(13-16-32-27)21(18-22-7-5-6-8-24(22)28)12-15-29-14-11-20-9-10-25(30-3)26(17-20)31-4/h5-10,17,21,23,29H,11-16,18-19H2,1-4H3/t21-,23+/m0/s1. The number of benzene rings is 2. The predicted octanol–water partition coefficient (Wildman–Crippen LogP) is 5.94. The largest absolute Gasteiger partial charge is 0.493 e. The van der Waals surface area contributed by atoms with Crippen molar-refractivity contribution in [3.8, 4) is 11.5 Å². The quantitative estimate of drug-likeness (QED) is 0.422. The van der Waals surface area contributed by atoms with Crippen molar-refractivity contribution < 1.29 is 14.2 Å². The molecule has 2 aromatic carbocycles. The van der Waals surface area contributed by atoms with E-state index in [9.17, 15) is 0 Å². The summed E-state index contributed by atoms with van der Waals surface area (Å²) in [5.41, 5.74) is 2.46. The van der Waals surface area contributed by atoms with Crippen LogP contribution in [-0.2, 0) is 17.6 Å². The molecule has 1 heterocycles. The number of nitrogens with one attached hydrogen (secondary N) is 1. The van der Waals surface area contributed by atoms with E-state index in [1.54, 1.807) is 14.2 Å². The SMILES string of the molecule is COc1ccc(CCNCC[C@@H](Cc2ccccc2Cl)[C@@H]2CCOC(C)(C)C2)cc1OC. The van der Waals surface area contributed by atoms with E-state index < -0.39 is 0 Å². The second-order valence-corrected chi connectivity index (χ2v) is 9.80. The molecule has 4 nitrogen and oxygen atoms in total. The maximum atomic E-state index is 6.50. The molecule has 0 amide bonds. The minimum atomic E-state index is -0.0392. The lowest BCUT2D eigenvalue weighted by atomic mass is 9.75. The topological polar surface area (TPSA) is 39.7 Å². The minimum absolute atomic E-state index is 0.0392. The van der Waals surface area contributed by atoms with Gasteiger partial charge in [0.2, 0.25) is 0 Å². The average Bonchev–Trinajstić information content (AvgIpc) is 2.78. The van der Waals surface area contributed by atoms with Crippen LogP contribution in [0, 0.1) is 11.8 Å². The van der Waals surface area contributed by atoms with Crippen molar-refractivity contribution in [2.75, 3.05) is 33.9 Å². The number of halogens is 1. The van der Waals surface area contributed by atoms with E-state index in [-0.39, 0.29) is 5.60 Å². The van der Waals surface area contributed by atoms with Crippen LogP contribution in [0.25, 0.3) is 0 Å². The number of ether oxygens (including phenoxy) is 3. The summed E-state index contributed by atoms with van der Waals surface area (Å²) in [5, 5.41) is 4.53. The molecule has 1 aliphatic rings. The van der Waals surface area contributed by atoms with Crippen molar-refractivity contribution in [3.63, 3.8) is 0 Å². The highest BCUT2D eigenvalue weighted by molar-refractivity contribution is 6.31. The van der Waals surface area contributed by atoms with E-state index >= 15 is 0 Å².